The van der Waals surface area contributed by atoms with Crippen LogP contribution in [0.25, 0.3) is 5.57 Å². The number of allylic oxidation sites excluding steroid dienone is 2. The summed E-state index contributed by atoms with van der Waals surface area (Å²) in [6.45, 7) is 1.81. The Morgan fingerprint density at radius 2 is 2.13 bits per heavy atom. The molecule has 1 aromatic rings. The second-order valence-electron chi connectivity index (χ2n) is 7.30. The number of esters is 1. The third-order valence-electron chi connectivity index (χ3n) is 4.90. The summed E-state index contributed by atoms with van der Waals surface area (Å²) in [5.74, 6) is -0.525. The van der Waals surface area contributed by atoms with E-state index in [0.29, 0.717) is 5.56 Å². The summed E-state index contributed by atoms with van der Waals surface area (Å²) in [6, 6.07) is 7.63. The average Bonchev–Trinajstić information content (AvgIpc) is 3.16. The Bertz CT molecular complexity index is 621. The van der Waals surface area contributed by atoms with Crippen LogP contribution in [0.3, 0.4) is 0 Å². The predicted molar refractivity (Wildman–Crippen MR) is 89.6 cm³/mol. The van der Waals surface area contributed by atoms with Gasteiger partial charge in [0.2, 0.25) is 0 Å². The zero-order valence-corrected chi connectivity index (χ0v) is 14.0. The number of carbonyl (C=O) groups is 1. The number of hydrogen-bond acceptors (Lipinski definition) is 3. The molecule has 4 heteroatoms. The zero-order valence-electron chi connectivity index (χ0n) is 14.0. The van der Waals surface area contributed by atoms with Crippen molar-refractivity contribution in [3.8, 4) is 0 Å². The van der Waals surface area contributed by atoms with Crippen LogP contribution in [0.15, 0.2) is 30.3 Å². The Kier molecular flexibility index (Phi) is 4.55. The average molecular weight is 316 g/mol. The molecule has 0 bridgehead atoms. The van der Waals surface area contributed by atoms with E-state index in [2.05, 4.69) is 20.2 Å². The van der Waals surface area contributed by atoms with Gasteiger partial charge in [0.05, 0.1) is 20.6 Å². The molecule has 2 atom stereocenters. The summed E-state index contributed by atoms with van der Waals surface area (Å²) in [5, 5.41) is 10.5. The highest BCUT2D eigenvalue weighted by molar-refractivity contribution is 5.80. The maximum absolute atomic E-state index is 12.4. The fourth-order valence-electron chi connectivity index (χ4n) is 3.62. The van der Waals surface area contributed by atoms with Crippen LogP contribution in [0, 0.1) is 0 Å². The first kappa shape index (κ1) is 16.2. The maximum Gasteiger partial charge on any atom is 0.340 e. The van der Waals surface area contributed by atoms with Gasteiger partial charge in [-0.1, -0.05) is 30.3 Å². The Morgan fingerprint density at radius 1 is 1.35 bits per heavy atom. The molecule has 1 aliphatic carbocycles. The van der Waals surface area contributed by atoms with Crippen molar-refractivity contribution in [1.82, 2.24) is 0 Å². The third-order valence-corrected chi connectivity index (χ3v) is 4.90. The molecule has 1 N–H and O–H groups in total. The molecule has 1 heterocycles. The lowest BCUT2D eigenvalue weighted by molar-refractivity contribution is -0.879. The molecular formula is C19H26NO3+. The van der Waals surface area contributed by atoms with Crippen LogP contribution in [-0.4, -0.2) is 48.8 Å². The molecule has 1 saturated heterocycles. The van der Waals surface area contributed by atoms with Gasteiger partial charge in [0.25, 0.3) is 0 Å². The monoisotopic (exact) mass is 316 g/mol. The number of ether oxygens (including phenoxy) is 1. The molecule has 4 nitrogen and oxygen atoms in total. The maximum atomic E-state index is 12.4. The molecule has 0 unspecified atom stereocenters. The number of quaternary nitrogens is 1. The van der Waals surface area contributed by atoms with Crippen molar-refractivity contribution in [2.75, 3.05) is 27.2 Å². The number of aliphatic hydroxyl groups excluding tert-OH is 1. The molecule has 1 aliphatic heterocycles. The quantitative estimate of drug-likeness (QED) is 0.686. The normalized spacial score (nSPS) is 24.3. The Hall–Kier alpha value is -1.65. The van der Waals surface area contributed by atoms with Crippen LogP contribution in [0.1, 0.15) is 42.9 Å². The molecule has 0 amide bonds. The predicted octanol–water partition coefficient (Wildman–Crippen LogP) is 2.68. The van der Waals surface area contributed by atoms with Gasteiger partial charge in [0.15, 0.2) is 12.2 Å². The second kappa shape index (κ2) is 6.46. The summed E-state index contributed by atoms with van der Waals surface area (Å²) in [6.07, 6.45) is 4.98. The lowest BCUT2D eigenvalue weighted by Crippen LogP contribution is -2.38. The summed E-state index contributed by atoms with van der Waals surface area (Å²) in [5.41, 5.74) is 2.88. The van der Waals surface area contributed by atoms with Gasteiger partial charge < -0.3 is 14.3 Å². The van der Waals surface area contributed by atoms with Crippen LogP contribution in [-0.2, 0) is 9.53 Å². The zero-order chi connectivity index (χ0) is 16.4. The number of carbonyl (C=O) groups excluding carboxylic acids is 1. The van der Waals surface area contributed by atoms with Gasteiger partial charge in [-0.15, -0.1) is 0 Å². The van der Waals surface area contributed by atoms with Crippen molar-refractivity contribution in [2.45, 2.75) is 37.9 Å². The Balaban J connectivity index is 1.73. The van der Waals surface area contributed by atoms with Gasteiger partial charge in [0.1, 0.15) is 6.54 Å². The minimum atomic E-state index is -1.20. The largest absolute Gasteiger partial charge is 0.454 e. The smallest absolute Gasteiger partial charge is 0.340 e. The molecule has 0 radical (unpaired) electrons. The van der Waals surface area contributed by atoms with E-state index in [1.54, 1.807) is 0 Å². The standard InChI is InChI=1S/C19H26NO3/c1-20(2)12-11-15(13-20)23-19(22)18(21)17-10-6-5-9-16(17)14-7-3-4-8-14/h5-7,9-10,15,18,21H,3-4,8,11-13H2,1-2H3/q+1/t15-,18+/m0/s1. The van der Waals surface area contributed by atoms with Gasteiger partial charge in [0, 0.05) is 6.42 Å². The molecule has 3 rings (SSSR count). The topological polar surface area (TPSA) is 46.5 Å². The first-order valence-corrected chi connectivity index (χ1v) is 8.45. The molecule has 124 valence electrons. The second-order valence-corrected chi connectivity index (χ2v) is 7.30. The lowest BCUT2D eigenvalue weighted by Gasteiger charge is -2.23. The van der Waals surface area contributed by atoms with E-state index in [1.807, 2.05) is 24.3 Å². The van der Waals surface area contributed by atoms with E-state index in [9.17, 15) is 9.90 Å². The van der Waals surface area contributed by atoms with Gasteiger partial charge in [-0.05, 0) is 36.0 Å². The molecule has 1 fully saturated rings. The van der Waals surface area contributed by atoms with Crippen LogP contribution < -0.4 is 0 Å². The Labute approximate surface area is 138 Å². The lowest BCUT2D eigenvalue weighted by atomic mass is 9.95. The van der Waals surface area contributed by atoms with E-state index in [1.165, 1.54) is 5.57 Å². The van der Waals surface area contributed by atoms with Gasteiger partial charge in [-0.2, -0.15) is 0 Å². The van der Waals surface area contributed by atoms with E-state index >= 15 is 0 Å². The first-order chi connectivity index (χ1) is 11.0. The first-order valence-electron chi connectivity index (χ1n) is 8.45. The van der Waals surface area contributed by atoms with Crippen LogP contribution in [0.5, 0.6) is 0 Å². The molecule has 2 aliphatic rings. The van der Waals surface area contributed by atoms with Gasteiger partial charge in [-0.3, -0.25) is 0 Å². The highest BCUT2D eigenvalue weighted by atomic mass is 16.6. The number of benzene rings is 1. The van der Waals surface area contributed by atoms with Crippen LogP contribution >= 0.6 is 0 Å². The van der Waals surface area contributed by atoms with E-state index in [0.717, 1.165) is 48.8 Å². The SMILES string of the molecule is C[N+]1(C)CC[C@H](OC(=O)[C@H](O)c2ccccc2C2=CCCC2)C1. The Morgan fingerprint density at radius 3 is 2.78 bits per heavy atom. The number of nitrogens with zero attached hydrogens (tertiary/aromatic N) is 1. The highest BCUT2D eigenvalue weighted by Crippen LogP contribution is 2.33. The highest BCUT2D eigenvalue weighted by Gasteiger charge is 2.35. The molecule has 0 aromatic heterocycles. The number of hydrogen-bond donors (Lipinski definition) is 1. The van der Waals surface area contributed by atoms with Crippen LogP contribution in [0.4, 0.5) is 0 Å². The van der Waals surface area contributed by atoms with Gasteiger partial charge in [-0.25, -0.2) is 4.79 Å². The van der Waals surface area contributed by atoms with E-state index < -0.39 is 12.1 Å². The summed E-state index contributed by atoms with van der Waals surface area (Å²) < 4.78 is 6.42. The molecule has 0 saturated carbocycles. The van der Waals surface area contributed by atoms with E-state index in [-0.39, 0.29) is 6.10 Å². The third kappa shape index (κ3) is 3.65. The van der Waals surface area contributed by atoms with Crippen molar-refractivity contribution in [1.29, 1.82) is 0 Å². The molecular weight excluding hydrogens is 290 g/mol. The molecule has 1 aromatic carbocycles. The number of aliphatic hydroxyl groups is 1. The van der Waals surface area contributed by atoms with Gasteiger partial charge >= 0.3 is 5.97 Å². The summed E-state index contributed by atoms with van der Waals surface area (Å²) >= 11 is 0. The van der Waals surface area contributed by atoms with Crippen molar-refractivity contribution >= 4 is 11.5 Å². The van der Waals surface area contributed by atoms with Crippen molar-refractivity contribution in [3.05, 3.63) is 41.5 Å². The fraction of sp³-hybridized carbons (Fsp3) is 0.526. The minimum Gasteiger partial charge on any atom is -0.454 e. The van der Waals surface area contributed by atoms with Crippen molar-refractivity contribution < 1.29 is 19.1 Å². The number of likely N-dealkylation sites (tertiary alicyclic amines) is 1. The molecule has 0 spiro atoms. The summed E-state index contributed by atoms with van der Waals surface area (Å²) in [4.78, 5) is 12.4. The molecule has 23 heavy (non-hydrogen) atoms. The summed E-state index contributed by atoms with van der Waals surface area (Å²) in [7, 11) is 4.26. The fourth-order valence-corrected chi connectivity index (χ4v) is 3.62. The number of likely N-dealkylation sites (N-methyl/N-ethyl adjacent to an activating group) is 1. The van der Waals surface area contributed by atoms with Crippen LogP contribution in [0.2, 0.25) is 0 Å². The van der Waals surface area contributed by atoms with Crippen molar-refractivity contribution in [3.63, 3.8) is 0 Å². The number of rotatable bonds is 4. The minimum absolute atomic E-state index is 0.0926. The van der Waals surface area contributed by atoms with E-state index in [4.69, 9.17) is 4.74 Å². The van der Waals surface area contributed by atoms with Crippen molar-refractivity contribution in [2.24, 2.45) is 0 Å².